The minimum Gasteiger partial charge on any atom is -0.474 e. The van der Waals surface area contributed by atoms with Gasteiger partial charge in [-0.3, -0.25) is 4.79 Å². The van der Waals surface area contributed by atoms with Gasteiger partial charge in [0.05, 0.1) is 12.2 Å². The van der Waals surface area contributed by atoms with Gasteiger partial charge in [0.25, 0.3) is 0 Å². The summed E-state index contributed by atoms with van der Waals surface area (Å²) in [4.78, 5) is 25.1. The van der Waals surface area contributed by atoms with Crippen molar-refractivity contribution in [2.24, 2.45) is 0 Å². The van der Waals surface area contributed by atoms with Gasteiger partial charge in [-0.1, -0.05) is 60.7 Å². The van der Waals surface area contributed by atoms with Crippen molar-refractivity contribution in [3.05, 3.63) is 101 Å². The third-order valence-electron chi connectivity index (χ3n) is 4.60. The van der Waals surface area contributed by atoms with Crippen molar-refractivity contribution in [3.63, 3.8) is 0 Å². The smallest absolute Gasteiger partial charge is 0.352 e. The first kappa shape index (κ1) is 19.5. The molecule has 0 spiro atoms. The molecule has 1 atom stereocenters. The third-order valence-corrected chi connectivity index (χ3v) is 4.60. The Hall–Kier alpha value is -3.86. The zero-order valence-corrected chi connectivity index (χ0v) is 16.4. The molecule has 1 aliphatic heterocycles. The predicted molar refractivity (Wildman–Crippen MR) is 112 cm³/mol. The third kappa shape index (κ3) is 4.10. The first-order valence-corrected chi connectivity index (χ1v) is 9.67. The molecule has 0 aromatic heterocycles. The molecule has 0 radical (unpaired) electrons. The molecular weight excluding hydrogens is 380 g/mol. The Morgan fingerprint density at radius 2 is 1.70 bits per heavy atom. The number of Topliss-reactive ketones (excluding diaryl/α,β-unsaturated/α-hetero) is 1. The molecule has 0 bridgehead atoms. The number of fused-ring (bicyclic) bond motifs is 1. The van der Waals surface area contributed by atoms with Gasteiger partial charge < -0.3 is 14.2 Å². The summed E-state index contributed by atoms with van der Waals surface area (Å²) in [6.07, 6.45) is 0.787. The van der Waals surface area contributed by atoms with Crippen LogP contribution in [-0.4, -0.2) is 18.4 Å². The highest BCUT2D eigenvalue weighted by atomic mass is 16.6. The lowest BCUT2D eigenvalue weighted by atomic mass is 10.1. The van der Waals surface area contributed by atoms with E-state index in [1.54, 1.807) is 43.3 Å². The van der Waals surface area contributed by atoms with Crippen molar-refractivity contribution in [3.8, 4) is 11.5 Å². The summed E-state index contributed by atoms with van der Waals surface area (Å²) in [6, 6.07) is 23.5. The molecule has 5 nitrogen and oxygen atoms in total. The first-order chi connectivity index (χ1) is 14.7. The zero-order valence-electron chi connectivity index (χ0n) is 16.4. The van der Waals surface area contributed by atoms with E-state index in [9.17, 15) is 9.59 Å². The predicted octanol–water partition coefficient (Wildman–Crippen LogP) is 4.99. The Bertz CT molecular complexity index is 1090. The van der Waals surface area contributed by atoms with Crippen LogP contribution in [0.2, 0.25) is 0 Å². The fourth-order valence-corrected chi connectivity index (χ4v) is 3.18. The summed E-state index contributed by atoms with van der Waals surface area (Å²) >= 11 is 0. The number of benzene rings is 3. The minimum absolute atomic E-state index is 0.189. The molecule has 0 saturated heterocycles. The van der Waals surface area contributed by atoms with Crippen LogP contribution in [0.5, 0.6) is 11.5 Å². The van der Waals surface area contributed by atoms with Crippen LogP contribution in [0.25, 0.3) is 6.08 Å². The lowest BCUT2D eigenvalue weighted by Crippen LogP contribution is -2.21. The van der Waals surface area contributed by atoms with Gasteiger partial charge in [0, 0.05) is 11.6 Å². The Balaban J connectivity index is 1.59. The van der Waals surface area contributed by atoms with Crippen molar-refractivity contribution in [2.45, 2.75) is 13.0 Å². The van der Waals surface area contributed by atoms with Crippen LogP contribution in [-0.2, 0) is 9.53 Å². The molecule has 150 valence electrons. The highest BCUT2D eigenvalue weighted by Crippen LogP contribution is 2.36. The molecule has 30 heavy (non-hydrogen) atoms. The largest absolute Gasteiger partial charge is 0.474 e. The molecule has 1 unspecified atom stereocenters. The molecule has 0 N–H and O–H groups in total. The van der Waals surface area contributed by atoms with Crippen molar-refractivity contribution in [1.29, 1.82) is 0 Å². The van der Waals surface area contributed by atoms with Crippen molar-refractivity contribution in [2.75, 3.05) is 6.61 Å². The number of hydrogen-bond donors (Lipinski definition) is 0. The number of ketones is 1. The standard InChI is InChI=1S/C25H20O5/c1-2-28-25(27)24(18-11-7-4-8-12-18)29-19-13-14-20-21(16-19)30-22(23(20)26)15-17-9-5-3-6-10-17/h3-16,24H,2H2,1H3. The molecule has 4 rings (SSSR count). The molecule has 1 aliphatic rings. The molecule has 3 aromatic carbocycles. The zero-order chi connectivity index (χ0) is 20.9. The van der Waals surface area contributed by atoms with Crippen LogP contribution in [0, 0.1) is 0 Å². The van der Waals surface area contributed by atoms with E-state index in [0.29, 0.717) is 22.6 Å². The Kier molecular flexibility index (Phi) is 5.61. The van der Waals surface area contributed by atoms with Gasteiger partial charge in [0.1, 0.15) is 11.5 Å². The Morgan fingerprint density at radius 1 is 1.00 bits per heavy atom. The molecule has 0 fully saturated rings. The highest BCUT2D eigenvalue weighted by molar-refractivity contribution is 6.14. The summed E-state index contributed by atoms with van der Waals surface area (Å²) in [5.74, 6) is 0.384. The summed E-state index contributed by atoms with van der Waals surface area (Å²) < 4.78 is 16.9. The van der Waals surface area contributed by atoms with E-state index in [4.69, 9.17) is 14.2 Å². The van der Waals surface area contributed by atoms with Gasteiger partial charge in [-0.25, -0.2) is 4.79 Å². The lowest BCUT2D eigenvalue weighted by Gasteiger charge is -2.18. The second kappa shape index (κ2) is 8.66. The van der Waals surface area contributed by atoms with Crippen LogP contribution in [0.15, 0.2) is 84.6 Å². The average Bonchev–Trinajstić information content (AvgIpc) is 3.08. The first-order valence-electron chi connectivity index (χ1n) is 9.67. The fraction of sp³-hybridized carbons (Fsp3) is 0.120. The van der Waals surface area contributed by atoms with Gasteiger partial charge in [-0.2, -0.15) is 0 Å². The van der Waals surface area contributed by atoms with Crippen LogP contribution >= 0.6 is 0 Å². The van der Waals surface area contributed by atoms with E-state index < -0.39 is 12.1 Å². The maximum atomic E-state index is 12.6. The number of carbonyl (C=O) groups is 2. The SMILES string of the molecule is CCOC(=O)C(Oc1ccc2c(c1)OC(=Cc1ccccc1)C2=O)c1ccccc1. The normalized spacial score (nSPS) is 14.7. The fourth-order valence-electron chi connectivity index (χ4n) is 3.18. The second-order valence-corrected chi connectivity index (χ2v) is 6.67. The molecule has 5 heteroatoms. The second-order valence-electron chi connectivity index (χ2n) is 6.67. The number of allylic oxidation sites excluding steroid dienone is 1. The molecule has 1 heterocycles. The molecule has 3 aromatic rings. The molecule has 0 amide bonds. The van der Waals surface area contributed by atoms with Crippen molar-refractivity contribution in [1.82, 2.24) is 0 Å². The number of hydrogen-bond acceptors (Lipinski definition) is 5. The minimum atomic E-state index is -0.916. The molecule has 0 saturated carbocycles. The maximum absolute atomic E-state index is 12.6. The van der Waals surface area contributed by atoms with Crippen LogP contribution in [0.1, 0.15) is 34.5 Å². The lowest BCUT2D eigenvalue weighted by molar-refractivity contribution is -0.151. The number of ether oxygens (including phenoxy) is 3. The summed E-state index contributed by atoms with van der Waals surface area (Å²) in [5.41, 5.74) is 2.01. The van der Waals surface area contributed by atoms with E-state index in [0.717, 1.165) is 5.56 Å². The van der Waals surface area contributed by atoms with Gasteiger partial charge >= 0.3 is 5.97 Å². The van der Waals surface area contributed by atoms with Gasteiger partial charge in [0.2, 0.25) is 11.9 Å². The quantitative estimate of drug-likeness (QED) is 0.431. The molecular formula is C25H20O5. The van der Waals surface area contributed by atoms with E-state index in [1.165, 1.54) is 0 Å². The van der Waals surface area contributed by atoms with Crippen LogP contribution in [0.4, 0.5) is 0 Å². The van der Waals surface area contributed by atoms with E-state index in [-0.39, 0.29) is 18.1 Å². The van der Waals surface area contributed by atoms with Crippen molar-refractivity contribution < 1.29 is 23.8 Å². The number of carbonyl (C=O) groups excluding carboxylic acids is 2. The maximum Gasteiger partial charge on any atom is 0.352 e. The van der Waals surface area contributed by atoms with Gasteiger partial charge in [-0.15, -0.1) is 0 Å². The summed E-state index contributed by atoms with van der Waals surface area (Å²) in [7, 11) is 0. The average molecular weight is 400 g/mol. The van der Waals surface area contributed by atoms with Gasteiger partial charge in [0.15, 0.2) is 5.76 Å². The van der Waals surface area contributed by atoms with Crippen LogP contribution in [0.3, 0.4) is 0 Å². The monoisotopic (exact) mass is 400 g/mol. The van der Waals surface area contributed by atoms with E-state index in [2.05, 4.69) is 0 Å². The highest BCUT2D eigenvalue weighted by Gasteiger charge is 2.29. The summed E-state index contributed by atoms with van der Waals surface area (Å²) in [6.45, 7) is 2.00. The topological polar surface area (TPSA) is 61.8 Å². The van der Waals surface area contributed by atoms with Crippen molar-refractivity contribution >= 4 is 17.8 Å². The summed E-state index contributed by atoms with van der Waals surface area (Å²) in [5, 5.41) is 0. The van der Waals surface area contributed by atoms with Gasteiger partial charge in [-0.05, 0) is 30.7 Å². The Labute approximate surface area is 174 Å². The Morgan fingerprint density at radius 3 is 2.40 bits per heavy atom. The number of rotatable bonds is 6. The molecule has 0 aliphatic carbocycles. The van der Waals surface area contributed by atoms with Crippen LogP contribution < -0.4 is 9.47 Å². The van der Waals surface area contributed by atoms with E-state index in [1.807, 2.05) is 48.5 Å². The number of esters is 1. The van der Waals surface area contributed by atoms with E-state index >= 15 is 0 Å².